The zero-order chi connectivity index (χ0) is 16.1. The van der Waals surface area contributed by atoms with E-state index in [1.54, 1.807) is 11.1 Å². The molecule has 0 spiro atoms. The van der Waals surface area contributed by atoms with Crippen molar-refractivity contribution in [2.24, 2.45) is 0 Å². The van der Waals surface area contributed by atoms with Gasteiger partial charge >= 0.3 is 0 Å². The van der Waals surface area contributed by atoms with Crippen molar-refractivity contribution in [3.05, 3.63) is 53.9 Å². The number of H-pyrrole nitrogens is 1. The van der Waals surface area contributed by atoms with E-state index in [1.807, 2.05) is 36.4 Å². The van der Waals surface area contributed by atoms with Crippen LogP contribution in [0.15, 0.2) is 42.6 Å². The van der Waals surface area contributed by atoms with Gasteiger partial charge in [0.2, 0.25) is 11.8 Å². The van der Waals surface area contributed by atoms with Gasteiger partial charge in [0.1, 0.15) is 6.04 Å². The number of rotatable bonds is 5. The second kappa shape index (κ2) is 7.09. The molecule has 0 bridgehead atoms. The second-order valence-corrected chi connectivity index (χ2v) is 5.71. The Kier molecular flexibility index (Phi) is 4.71. The number of aromatic amines is 1. The second-order valence-electron chi connectivity index (χ2n) is 5.71. The monoisotopic (exact) mass is 312 g/mol. The lowest BCUT2D eigenvalue weighted by atomic mass is 10.1. The zero-order valence-electron chi connectivity index (χ0n) is 12.9. The number of hydrogen-bond acceptors (Lipinski definition) is 3. The lowest BCUT2D eigenvalue weighted by molar-refractivity contribution is -0.138. The molecule has 23 heavy (non-hydrogen) atoms. The third-order valence-corrected chi connectivity index (χ3v) is 4.09. The molecule has 1 aliphatic heterocycles. The first kappa shape index (κ1) is 15.3. The zero-order valence-corrected chi connectivity index (χ0v) is 12.9. The van der Waals surface area contributed by atoms with Crippen LogP contribution < -0.4 is 5.32 Å². The van der Waals surface area contributed by atoms with Crippen molar-refractivity contribution in [3.8, 4) is 0 Å². The summed E-state index contributed by atoms with van der Waals surface area (Å²) in [5.74, 6) is -0.0890. The summed E-state index contributed by atoms with van der Waals surface area (Å²) in [6.07, 6.45) is 3.57. The normalized spacial score (nSPS) is 17.2. The molecule has 1 aromatic carbocycles. The Morgan fingerprint density at radius 3 is 2.83 bits per heavy atom. The first-order valence-corrected chi connectivity index (χ1v) is 7.83. The van der Waals surface area contributed by atoms with Crippen LogP contribution in [0.1, 0.15) is 24.1 Å². The summed E-state index contributed by atoms with van der Waals surface area (Å²) in [6, 6.07) is 11.1. The number of carbonyl (C=O) groups is 2. The van der Waals surface area contributed by atoms with Crippen molar-refractivity contribution in [1.29, 1.82) is 0 Å². The highest BCUT2D eigenvalue weighted by Gasteiger charge is 2.33. The Balaban J connectivity index is 1.58. The van der Waals surface area contributed by atoms with E-state index < -0.39 is 0 Å². The number of likely N-dealkylation sites (tertiary alicyclic amines) is 1. The number of amides is 2. The van der Waals surface area contributed by atoms with Crippen LogP contribution in [0, 0.1) is 0 Å². The number of nitrogens with one attached hydrogen (secondary N) is 2. The number of carbonyl (C=O) groups excluding carboxylic acids is 2. The van der Waals surface area contributed by atoms with Gasteiger partial charge in [-0.2, -0.15) is 5.10 Å². The molecular formula is C17H20N4O2. The van der Waals surface area contributed by atoms with E-state index in [4.69, 9.17) is 0 Å². The minimum Gasteiger partial charge on any atom is -0.349 e. The van der Waals surface area contributed by atoms with Gasteiger partial charge in [0, 0.05) is 12.7 Å². The summed E-state index contributed by atoms with van der Waals surface area (Å²) in [6.45, 7) is 1.05. The molecule has 1 fully saturated rings. The Bertz CT molecular complexity index is 654. The molecule has 0 saturated carbocycles. The molecule has 0 unspecified atom stereocenters. The van der Waals surface area contributed by atoms with E-state index in [0.717, 1.165) is 24.1 Å². The van der Waals surface area contributed by atoms with Crippen molar-refractivity contribution in [3.63, 3.8) is 0 Å². The van der Waals surface area contributed by atoms with Crippen LogP contribution in [0.4, 0.5) is 0 Å². The minimum atomic E-state index is -0.367. The largest absolute Gasteiger partial charge is 0.349 e. The third kappa shape index (κ3) is 3.77. The van der Waals surface area contributed by atoms with Crippen LogP contribution in [0.2, 0.25) is 0 Å². The Labute approximate surface area is 134 Å². The highest BCUT2D eigenvalue weighted by atomic mass is 16.2. The van der Waals surface area contributed by atoms with Gasteiger partial charge in [-0.25, -0.2) is 0 Å². The van der Waals surface area contributed by atoms with Gasteiger partial charge in [-0.15, -0.1) is 0 Å². The Morgan fingerprint density at radius 1 is 1.26 bits per heavy atom. The summed E-state index contributed by atoms with van der Waals surface area (Å²) >= 11 is 0. The predicted octanol–water partition coefficient (Wildman–Crippen LogP) is 1.26. The van der Waals surface area contributed by atoms with Gasteiger partial charge in [0.25, 0.3) is 0 Å². The molecular weight excluding hydrogens is 292 g/mol. The first-order valence-electron chi connectivity index (χ1n) is 7.83. The maximum Gasteiger partial charge on any atom is 0.243 e. The van der Waals surface area contributed by atoms with E-state index in [1.165, 1.54) is 0 Å². The lowest BCUT2D eigenvalue weighted by Crippen LogP contribution is -2.46. The lowest BCUT2D eigenvalue weighted by Gasteiger charge is -2.24. The molecule has 0 aliphatic carbocycles. The molecule has 6 heteroatoms. The third-order valence-electron chi connectivity index (χ3n) is 4.09. The molecule has 0 radical (unpaired) electrons. The molecule has 2 amide bonds. The molecule has 1 saturated heterocycles. The summed E-state index contributed by atoms with van der Waals surface area (Å²) in [5.41, 5.74) is 1.82. The average molecular weight is 312 g/mol. The fourth-order valence-corrected chi connectivity index (χ4v) is 2.89. The van der Waals surface area contributed by atoms with E-state index in [-0.39, 0.29) is 17.9 Å². The Hall–Kier alpha value is -2.63. The summed E-state index contributed by atoms with van der Waals surface area (Å²) < 4.78 is 0. The van der Waals surface area contributed by atoms with Crippen molar-refractivity contribution < 1.29 is 9.59 Å². The van der Waals surface area contributed by atoms with Crippen LogP contribution in [0.25, 0.3) is 0 Å². The summed E-state index contributed by atoms with van der Waals surface area (Å²) in [5, 5.41) is 9.52. The highest BCUT2D eigenvalue weighted by Crippen LogP contribution is 2.19. The van der Waals surface area contributed by atoms with Crippen molar-refractivity contribution in [2.75, 3.05) is 6.54 Å². The first-order chi connectivity index (χ1) is 11.2. The smallest absolute Gasteiger partial charge is 0.243 e. The molecule has 3 rings (SSSR count). The van der Waals surface area contributed by atoms with Crippen LogP contribution in [0.3, 0.4) is 0 Å². The average Bonchev–Trinajstić information content (AvgIpc) is 3.25. The van der Waals surface area contributed by atoms with Gasteiger partial charge < -0.3 is 10.2 Å². The van der Waals surface area contributed by atoms with Crippen molar-refractivity contribution in [2.45, 2.75) is 31.8 Å². The molecule has 1 atom stereocenters. The van der Waals surface area contributed by atoms with Crippen LogP contribution in [-0.2, 0) is 22.6 Å². The quantitative estimate of drug-likeness (QED) is 0.872. The van der Waals surface area contributed by atoms with Gasteiger partial charge in [-0.05, 0) is 24.5 Å². The summed E-state index contributed by atoms with van der Waals surface area (Å²) in [7, 11) is 0. The van der Waals surface area contributed by atoms with E-state index in [2.05, 4.69) is 15.5 Å². The standard InChI is InChI=1S/C17H20N4O2/c22-16(11-13-5-2-1-3-6-13)21-10-4-7-15(21)17(23)18-12-14-8-9-19-20-14/h1-3,5-6,8-9,15H,4,7,10-12H2,(H,18,23)(H,19,20)/t15-/m1/s1. The van der Waals surface area contributed by atoms with Gasteiger partial charge in [0.15, 0.2) is 0 Å². The number of benzene rings is 1. The molecule has 2 N–H and O–H groups in total. The predicted molar refractivity (Wildman–Crippen MR) is 85.3 cm³/mol. The number of aromatic nitrogens is 2. The van der Waals surface area contributed by atoms with Crippen molar-refractivity contribution in [1.82, 2.24) is 20.4 Å². The molecule has 6 nitrogen and oxygen atoms in total. The van der Waals surface area contributed by atoms with Gasteiger partial charge in [-0.1, -0.05) is 30.3 Å². The van der Waals surface area contributed by atoms with Crippen molar-refractivity contribution >= 4 is 11.8 Å². The van der Waals surface area contributed by atoms with E-state index >= 15 is 0 Å². The Morgan fingerprint density at radius 2 is 2.09 bits per heavy atom. The maximum absolute atomic E-state index is 12.5. The van der Waals surface area contributed by atoms with Crippen LogP contribution in [-0.4, -0.2) is 39.5 Å². The van der Waals surface area contributed by atoms with Crippen LogP contribution >= 0.6 is 0 Å². The molecule has 2 aromatic rings. The number of hydrogen-bond donors (Lipinski definition) is 2. The molecule has 1 aromatic heterocycles. The highest BCUT2D eigenvalue weighted by molar-refractivity contribution is 5.89. The molecule has 2 heterocycles. The molecule has 1 aliphatic rings. The number of nitrogens with zero attached hydrogens (tertiary/aromatic N) is 2. The maximum atomic E-state index is 12.5. The summed E-state index contributed by atoms with van der Waals surface area (Å²) in [4.78, 5) is 26.6. The topological polar surface area (TPSA) is 78.1 Å². The van der Waals surface area contributed by atoms with Crippen LogP contribution in [0.5, 0.6) is 0 Å². The fourth-order valence-electron chi connectivity index (χ4n) is 2.89. The van der Waals surface area contributed by atoms with Gasteiger partial charge in [-0.3, -0.25) is 14.7 Å². The van der Waals surface area contributed by atoms with E-state index in [0.29, 0.717) is 19.5 Å². The minimum absolute atomic E-state index is 0.00962. The molecule has 120 valence electrons. The fraction of sp³-hybridized carbons (Fsp3) is 0.353. The SMILES string of the molecule is O=C(NCc1ccn[nH]1)[C@H]1CCCN1C(=O)Cc1ccccc1. The van der Waals surface area contributed by atoms with E-state index in [9.17, 15) is 9.59 Å². The van der Waals surface area contributed by atoms with Gasteiger partial charge in [0.05, 0.1) is 18.7 Å².